The predicted octanol–water partition coefficient (Wildman–Crippen LogP) is 4.51. The van der Waals surface area contributed by atoms with Crippen molar-refractivity contribution in [2.45, 2.75) is 13.5 Å². The number of rotatable bonds is 5. The minimum atomic E-state index is -2.97. The summed E-state index contributed by atoms with van der Waals surface area (Å²) in [6.45, 7) is -1.13. The van der Waals surface area contributed by atoms with Crippen molar-refractivity contribution < 1.29 is 23.0 Å². The van der Waals surface area contributed by atoms with E-state index in [4.69, 9.17) is 16.3 Å². The molecule has 122 valence electrons. The van der Waals surface area contributed by atoms with Crippen molar-refractivity contribution in [2.75, 3.05) is 12.4 Å². The maximum atomic E-state index is 12.3. The van der Waals surface area contributed by atoms with Crippen LogP contribution in [0.15, 0.2) is 36.4 Å². The molecule has 0 saturated heterocycles. The van der Waals surface area contributed by atoms with Crippen molar-refractivity contribution in [1.29, 1.82) is 0 Å². The van der Waals surface area contributed by atoms with Crippen molar-refractivity contribution in [2.24, 2.45) is 0 Å². The van der Waals surface area contributed by atoms with E-state index in [9.17, 15) is 13.6 Å². The molecule has 0 spiro atoms. The molecule has 0 aliphatic rings. The zero-order chi connectivity index (χ0) is 17.0. The fraction of sp³-hybridized carbons (Fsp3) is 0.188. The minimum absolute atomic E-state index is 0.0416. The highest BCUT2D eigenvalue weighted by molar-refractivity contribution is 6.31. The van der Waals surface area contributed by atoms with E-state index in [-0.39, 0.29) is 17.1 Å². The highest BCUT2D eigenvalue weighted by Crippen LogP contribution is 2.30. The van der Waals surface area contributed by atoms with Crippen molar-refractivity contribution in [1.82, 2.24) is 0 Å². The number of anilines is 1. The standard InChI is InChI=1S/C16H14ClF2NO3/c1-9-3-5-11(8-12(9)17)20-15(21)10-4-6-13(23-16(18)19)14(7-10)22-2/h3-8,16H,1-2H3,(H,20,21). The predicted molar refractivity (Wildman–Crippen MR) is 83.8 cm³/mol. The van der Waals surface area contributed by atoms with Crippen LogP contribution in [-0.4, -0.2) is 19.6 Å². The molecule has 0 radical (unpaired) electrons. The number of amides is 1. The van der Waals surface area contributed by atoms with Crippen LogP contribution in [0.5, 0.6) is 11.5 Å². The van der Waals surface area contributed by atoms with Gasteiger partial charge < -0.3 is 14.8 Å². The summed E-state index contributed by atoms with van der Waals surface area (Å²) in [7, 11) is 1.30. The van der Waals surface area contributed by atoms with E-state index in [0.717, 1.165) is 5.56 Å². The molecule has 0 bridgehead atoms. The topological polar surface area (TPSA) is 47.6 Å². The average molecular weight is 342 g/mol. The second kappa shape index (κ2) is 7.28. The highest BCUT2D eigenvalue weighted by atomic mass is 35.5. The molecule has 0 fully saturated rings. The van der Waals surface area contributed by atoms with Crippen LogP contribution in [0.4, 0.5) is 14.5 Å². The molecule has 0 aliphatic heterocycles. The van der Waals surface area contributed by atoms with Gasteiger partial charge in [0.25, 0.3) is 5.91 Å². The molecule has 1 amide bonds. The first-order valence-corrected chi connectivity index (χ1v) is 6.99. The number of carbonyl (C=O) groups is 1. The molecule has 2 rings (SSSR count). The van der Waals surface area contributed by atoms with E-state index in [1.807, 2.05) is 6.92 Å². The Labute approximate surface area is 137 Å². The Morgan fingerprint density at radius 1 is 1.17 bits per heavy atom. The molecule has 2 aromatic carbocycles. The summed E-state index contributed by atoms with van der Waals surface area (Å²) in [6.07, 6.45) is 0. The number of halogens is 3. The van der Waals surface area contributed by atoms with E-state index in [1.165, 1.54) is 25.3 Å². The summed E-state index contributed by atoms with van der Waals surface area (Å²) < 4.78 is 33.8. The van der Waals surface area contributed by atoms with Crippen LogP contribution < -0.4 is 14.8 Å². The van der Waals surface area contributed by atoms with Gasteiger partial charge in [0.15, 0.2) is 11.5 Å². The van der Waals surface area contributed by atoms with Gasteiger partial charge in [-0.05, 0) is 42.8 Å². The summed E-state index contributed by atoms with van der Waals surface area (Å²) in [6, 6.07) is 9.05. The van der Waals surface area contributed by atoms with E-state index in [1.54, 1.807) is 18.2 Å². The number of alkyl halides is 2. The number of nitrogens with one attached hydrogen (secondary N) is 1. The van der Waals surface area contributed by atoms with Crippen molar-refractivity contribution >= 4 is 23.2 Å². The largest absolute Gasteiger partial charge is 0.493 e. The van der Waals surface area contributed by atoms with Crippen molar-refractivity contribution in [3.63, 3.8) is 0 Å². The molecule has 0 heterocycles. The summed E-state index contributed by atoms with van der Waals surface area (Å²) >= 11 is 6.00. The van der Waals surface area contributed by atoms with Gasteiger partial charge in [-0.3, -0.25) is 4.79 Å². The lowest BCUT2D eigenvalue weighted by atomic mass is 10.1. The molecule has 23 heavy (non-hydrogen) atoms. The first-order valence-electron chi connectivity index (χ1n) is 6.61. The molecule has 0 aliphatic carbocycles. The Morgan fingerprint density at radius 3 is 2.52 bits per heavy atom. The second-order valence-electron chi connectivity index (χ2n) is 4.66. The molecular weight excluding hydrogens is 328 g/mol. The summed E-state index contributed by atoms with van der Waals surface area (Å²) in [5.41, 5.74) is 1.65. The number of methoxy groups -OCH3 is 1. The maximum Gasteiger partial charge on any atom is 0.387 e. The summed E-state index contributed by atoms with van der Waals surface area (Å²) in [5, 5.41) is 3.20. The van der Waals surface area contributed by atoms with Crippen LogP contribution in [0, 0.1) is 6.92 Å². The van der Waals surface area contributed by atoms with E-state index in [0.29, 0.717) is 10.7 Å². The zero-order valence-corrected chi connectivity index (χ0v) is 13.2. The van der Waals surface area contributed by atoms with Crippen LogP contribution >= 0.6 is 11.6 Å². The molecule has 0 atom stereocenters. The van der Waals surface area contributed by atoms with E-state index >= 15 is 0 Å². The number of carbonyl (C=O) groups excluding carboxylic acids is 1. The number of benzene rings is 2. The lowest BCUT2D eigenvalue weighted by Crippen LogP contribution is -2.12. The molecule has 2 aromatic rings. The third-order valence-corrected chi connectivity index (χ3v) is 3.48. The van der Waals surface area contributed by atoms with Gasteiger partial charge in [-0.15, -0.1) is 0 Å². The molecule has 7 heteroatoms. The number of hydrogen-bond donors (Lipinski definition) is 1. The van der Waals surface area contributed by atoms with Crippen LogP contribution in [0.3, 0.4) is 0 Å². The monoisotopic (exact) mass is 341 g/mol. The smallest absolute Gasteiger partial charge is 0.387 e. The Balaban J connectivity index is 2.20. The van der Waals surface area contributed by atoms with Crippen molar-refractivity contribution in [3.05, 3.63) is 52.5 Å². The molecule has 4 nitrogen and oxygen atoms in total. The Kier molecular flexibility index (Phi) is 5.39. The van der Waals surface area contributed by atoms with Gasteiger partial charge in [-0.1, -0.05) is 17.7 Å². The van der Waals surface area contributed by atoms with Gasteiger partial charge in [0.1, 0.15) is 0 Å². The summed E-state index contributed by atoms with van der Waals surface area (Å²) in [4.78, 5) is 12.2. The lowest BCUT2D eigenvalue weighted by Gasteiger charge is -2.12. The number of hydrogen-bond acceptors (Lipinski definition) is 3. The van der Waals surface area contributed by atoms with Crippen LogP contribution in [0.1, 0.15) is 15.9 Å². The molecule has 0 aromatic heterocycles. The molecule has 1 N–H and O–H groups in total. The maximum absolute atomic E-state index is 12.3. The van der Waals surface area contributed by atoms with E-state index < -0.39 is 12.5 Å². The van der Waals surface area contributed by atoms with Crippen molar-refractivity contribution in [3.8, 4) is 11.5 Å². The Hall–Kier alpha value is -2.34. The quantitative estimate of drug-likeness (QED) is 0.870. The van der Waals surface area contributed by atoms with Gasteiger partial charge in [-0.2, -0.15) is 8.78 Å². The van der Waals surface area contributed by atoms with Crippen LogP contribution in [0.25, 0.3) is 0 Å². The van der Waals surface area contributed by atoms with E-state index in [2.05, 4.69) is 10.1 Å². The van der Waals surface area contributed by atoms with Gasteiger partial charge in [0.05, 0.1) is 7.11 Å². The molecular formula is C16H14ClF2NO3. The first kappa shape index (κ1) is 17.0. The average Bonchev–Trinajstić information content (AvgIpc) is 2.50. The molecule has 0 saturated carbocycles. The lowest BCUT2D eigenvalue weighted by molar-refractivity contribution is -0.0512. The van der Waals surface area contributed by atoms with Crippen LogP contribution in [0.2, 0.25) is 5.02 Å². The van der Waals surface area contributed by atoms with Gasteiger partial charge in [-0.25, -0.2) is 0 Å². The van der Waals surface area contributed by atoms with Gasteiger partial charge >= 0.3 is 6.61 Å². The first-order chi connectivity index (χ1) is 10.9. The summed E-state index contributed by atoms with van der Waals surface area (Å²) in [5.74, 6) is -0.524. The number of ether oxygens (including phenoxy) is 2. The Bertz CT molecular complexity index is 722. The normalized spacial score (nSPS) is 10.5. The fourth-order valence-electron chi connectivity index (χ4n) is 1.88. The molecule has 0 unspecified atom stereocenters. The third kappa shape index (κ3) is 4.32. The minimum Gasteiger partial charge on any atom is -0.493 e. The Morgan fingerprint density at radius 2 is 1.91 bits per heavy atom. The highest BCUT2D eigenvalue weighted by Gasteiger charge is 2.14. The van der Waals surface area contributed by atoms with Gasteiger partial charge in [0.2, 0.25) is 0 Å². The van der Waals surface area contributed by atoms with Gasteiger partial charge in [0, 0.05) is 16.3 Å². The zero-order valence-electron chi connectivity index (χ0n) is 12.4. The fourth-order valence-corrected chi connectivity index (χ4v) is 2.06. The third-order valence-electron chi connectivity index (χ3n) is 3.07. The second-order valence-corrected chi connectivity index (χ2v) is 5.07. The SMILES string of the molecule is COc1cc(C(=O)Nc2ccc(C)c(Cl)c2)ccc1OC(F)F. The van der Waals surface area contributed by atoms with Crippen LogP contribution in [-0.2, 0) is 0 Å². The number of aryl methyl sites for hydroxylation is 1.